The van der Waals surface area contributed by atoms with Gasteiger partial charge in [0.2, 0.25) is 0 Å². The predicted molar refractivity (Wildman–Crippen MR) is 101 cm³/mol. The number of benzene rings is 1. The second kappa shape index (κ2) is 7.59. The topological polar surface area (TPSA) is 107 Å². The summed E-state index contributed by atoms with van der Waals surface area (Å²) in [7, 11) is 1.53. The molecule has 146 valence electrons. The number of methoxy groups -OCH3 is 1. The molecule has 8 nitrogen and oxygen atoms in total. The number of aryl methyl sites for hydroxylation is 2. The Labute approximate surface area is 161 Å². The Bertz CT molecular complexity index is 1020. The number of carboxylic acids is 1. The summed E-state index contributed by atoms with van der Waals surface area (Å²) < 4.78 is 12.0. The van der Waals surface area contributed by atoms with Crippen molar-refractivity contribution in [3.05, 3.63) is 64.7 Å². The van der Waals surface area contributed by atoms with E-state index < -0.39 is 17.9 Å². The van der Waals surface area contributed by atoms with Gasteiger partial charge in [0.25, 0.3) is 5.91 Å². The standard InChI is InChI=1S/C20H21N3O5/c1-11-9-16(13(3)23(11)17-10-12(2)28-22-17)19(24)21-18(20(25)26)14-5-7-15(27-4)8-6-14/h5-10,18H,1-4H3,(H,21,24)(H,25,26). The number of nitrogens with one attached hydrogen (secondary N) is 1. The van der Waals surface area contributed by atoms with Crippen LogP contribution in [-0.2, 0) is 4.79 Å². The van der Waals surface area contributed by atoms with Gasteiger partial charge in [0.15, 0.2) is 11.9 Å². The highest BCUT2D eigenvalue weighted by Crippen LogP contribution is 2.23. The number of carbonyl (C=O) groups excluding carboxylic acids is 1. The lowest BCUT2D eigenvalue weighted by atomic mass is 10.1. The summed E-state index contributed by atoms with van der Waals surface area (Å²) in [6.45, 7) is 5.39. The van der Waals surface area contributed by atoms with E-state index in [1.165, 1.54) is 7.11 Å². The van der Waals surface area contributed by atoms with E-state index in [1.807, 2.05) is 6.92 Å². The number of hydrogen-bond donors (Lipinski definition) is 2. The Hall–Kier alpha value is -3.55. The third-order valence-corrected chi connectivity index (χ3v) is 4.49. The van der Waals surface area contributed by atoms with E-state index in [4.69, 9.17) is 9.26 Å². The minimum Gasteiger partial charge on any atom is -0.497 e. The molecule has 3 rings (SSSR count). The van der Waals surface area contributed by atoms with E-state index in [0.29, 0.717) is 34.1 Å². The molecule has 0 fully saturated rings. The predicted octanol–water partition coefficient (Wildman–Crippen LogP) is 2.95. The van der Waals surface area contributed by atoms with Crippen LogP contribution in [0.5, 0.6) is 5.75 Å². The van der Waals surface area contributed by atoms with Crippen LogP contribution in [0.25, 0.3) is 5.82 Å². The van der Waals surface area contributed by atoms with Crippen molar-refractivity contribution in [1.29, 1.82) is 0 Å². The van der Waals surface area contributed by atoms with Crippen molar-refractivity contribution in [1.82, 2.24) is 15.0 Å². The van der Waals surface area contributed by atoms with E-state index in [2.05, 4.69) is 10.5 Å². The molecule has 0 saturated heterocycles. The van der Waals surface area contributed by atoms with Gasteiger partial charge in [0, 0.05) is 17.5 Å². The molecule has 1 amide bonds. The van der Waals surface area contributed by atoms with Gasteiger partial charge in [-0.15, -0.1) is 0 Å². The summed E-state index contributed by atoms with van der Waals surface area (Å²) in [5.41, 5.74) is 2.25. The van der Waals surface area contributed by atoms with Gasteiger partial charge in [-0.25, -0.2) is 4.79 Å². The molecule has 0 spiro atoms. The Morgan fingerprint density at radius 2 is 1.86 bits per heavy atom. The molecule has 2 aromatic heterocycles. The van der Waals surface area contributed by atoms with Crippen LogP contribution in [0.4, 0.5) is 0 Å². The monoisotopic (exact) mass is 383 g/mol. The first-order chi connectivity index (χ1) is 13.3. The summed E-state index contributed by atoms with van der Waals surface area (Å²) in [6.07, 6.45) is 0. The minimum atomic E-state index is -1.18. The van der Waals surface area contributed by atoms with Gasteiger partial charge in [-0.3, -0.25) is 9.36 Å². The number of nitrogens with zero attached hydrogens (tertiary/aromatic N) is 2. The van der Waals surface area contributed by atoms with Crippen LogP contribution in [0.1, 0.15) is 39.1 Å². The van der Waals surface area contributed by atoms with Crippen molar-refractivity contribution >= 4 is 11.9 Å². The molecule has 2 N–H and O–H groups in total. The fourth-order valence-electron chi connectivity index (χ4n) is 3.10. The molecular formula is C20H21N3O5. The number of aliphatic carboxylic acids is 1. The van der Waals surface area contributed by atoms with Gasteiger partial charge in [-0.1, -0.05) is 17.3 Å². The van der Waals surface area contributed by atoms with E-state index in [0.717, 1.165) is 5.69 Å². The first kappa shape index (κ1) is 19.2. The molecule has 0 aliphatic carbocycles. The highest BCUT2D eigenvalue weighted by atomic mass is 16.5. The maximum atomic E-state index is 12.8. The van der Waals surface area contributed by atoms with Crippen LogP contribution in [0.3, 0.4) is 0 Å². The number of carbonyl (C=O) groups is 2. The van der Waals surface area contributed by atoms with Crippen LogP contribution in [0, 0.1) is 20.8 Å². The van der Waals surface area contributed by atoms with E-state index in [9.17, 15) is 14.7 Å². The third kappa shape index (κ3) is 3.62. The number of carboxylic acid groups (broad SMARTS) is 1. The van der Waals surface area contributed by atoms with Gasteiger partial charge in [-0.05, 0) is 44.5 Å². The Kier molecular flexibility index (Phi) is 5.21. The molecule has 3 aromatic rings. The van der Waals surface area contributed by atoms with E-state index in [-0.39, 0.29) is 0 Å². The van der Waals surface area contributed by atoms with Crippen LogP contribution >= 0.6 is 0 Å². The molecule has 1 aromatic carbocycles. The molecular weight excluding hydrogens is 362 g/mol. The summed E-state index contributed by atoms with van der Waals surface area (Å²) in [4.78, 5) is 24.6. The molecule has 0 saturated carbocycles. The maximum absolute atomic E-state index is 12.8. The highest BCUT2D eigenvalue weighted by Gasteiger charge is 2.25. The van der Waals surface area contributed by atoms with Gasteiger partial charge in [0.05, 0.1) is 12.7 Å². The molecule has 1 unspecified atom stereocenters. The second-order valence-electron chi connectivity index (χ2n) is 6.43. The number of ether oxygens (including phenoxy) is 1. The Balaban J connectivity index is 1.89. The zero-order valence-corrected chi connectivity index (χ0v) is 16.0. The molecule has 0 aliphatic heterocycles. The molecule has 0 aliphatic rings. The SMILES string of the molecule is COc1ccc(C(NC(=O)c2cc(C)n(-c3cc(C)on3)c2C)C(=O)O)cc1. The first-order valence-corrected chi connectivity index (χ1v) is 8.62. The largest absolute Gasteiger partial charge is 0.497 e. The first-order valence-electron chi connectivity index (χ1n) is 8.62. The lowest BCUT2D eigenvalue weighted by Gasteiger charge is -2.15. The molecule has 0 radical (unpaired) electrons. The highest BCUT2D eigenvalue weighted by molar-refractivity contribution is 5.98. The second-order valence-corrected chi connectivity index (χ2v) is 6.43. The average molecular weight is 383 g/mol. The summed E-state index contributed by atoms with van der Waals surface area (Å²) in [6, 6.07) is 8.79. The van der Waals surface area contributed by atoms with Crippen molar-refractivity contribution in [2.45, 2.75) is 26.8 Å². The maximum Gasteiger partial charge on any atom is 0.330 e. The number of hydrogen-bond acceptors (Lipinski definition) is 5. The summed E-state index contributed by atoms with van der Waals surface area (Å²) >= 11 is 0. The molecule has 2 heterocycles. The molecule has 1 atom stereocenters. The zero-order valence-electron chi connectivity index (χ0n) is 16.0. The molecule has 8 heteroatoms. The normalized spacial score (nSPS) is 11.9. The van der Waals surface area contributed by atoms with Crippen LogP contribution in [0.2, 0.25) is 0 Å². The van der Waals surface area contributed by atoms with Crippen molar-refractivity contribution in [3.63, 3.8) is 0 Å². The number of amides is 1. The number of aromatic nitrogens is 2. The smallest absolute Gasteiger partial charge is 0.330 e. The van der Waals surface area contributed by atoms with E-state index in [1.54, 1.807) is 54.8 Å². The van der Waals surface area contributed by atoms with E-state index >= 15 is 0 Å². The molecule has 0 bridgehead atoms. The fourth-order valence-corrected chi connectivity index (χ4v) is 3.10. The van der Waals surface area contributed by atoms with Crippen LogP contribution in [-0.4, -0.2) is 33.8 Å². The van der Waals surface area contributed by atoms with Crippen molar-refractivity contribution in [3.8, 4) is 11.6 Å². The molecule has 28 heavy (non-hydrogen) atoms. The fraction of sp³-hybridized carbons (Fsp3) is 0.250. The summed E-state index contributed by atoms with van der Waals surface area (Å²) in [5.74, 6) is 0.184. The Morgan fingerprint density at radius 3 is 2.39 bits per heavy atom. The lowest BCUT2D eigenvalue weighted by Crippen LogP contribution is -2.34. The van der Waals surface area contributed by atoms with Crippen molar-refractivity contribution in [2.75, 3.05) is 7.11 Å². The quantitative estimate of drug-likeness (QED) is 0.678. The summed E-state index contributed by atoms with van der Waals surface area (Å²) in [5, 5.41) is 16.2. The van der Waals surface area contributed by atoms with Gasteiger partial charge in [-0.2, -0.15) is 0 Å². The zero-order chi connectivity index (χ0) is 20.4. The Morgan fingerprint density at radius 1 is 1.18 bits per heavy atom. The third-order valence-electron chi connectivity index (χ3n) is 4.49. The van der Waals surface area contributed by atoms with Crippen molar-refractivity contribution in [2.24, 2.45) is 0 Å². The van der Waals surface area contributed by atoms with Gasteiger partial charge < -0.3 is 19.7 Å². The van der Waals surface area contributed by atoms with Gasteiger partial charge >= 0.3 is 5.97 Å². The minimum absolute atomic E-state index is 0.373. The van der Waals surface area contributed by atoms with Crippen LogP contribution in [0.15, 0.2) is 40.9 Å². The van der Waals surface area contributed by atoms with Crippen molar-refractivity contribution < 1.29 is 24.0 Å². The van der Waals surface area contributed by atoms with Crippen LogP contribution < -0.4 is 10.1 Å². The lowest BCUT2D eigenvalue weighted by molar-refractivity contribution is -0.139. The number of rotatable bonds is 6. The average Bonchev–Trinajstić information content (AvgIpc) is 3.21. The van der Waals surface area contributed by atoms with Gasteiger partial charge in [0.1, 0.15) is 11.5 Å².